The number of carbonyl (C=O) groups excluding carboxylic acids is 1. The lowest BCUT2D eigenvalue weighted by Crippen LogP contribution is -2.43. The first-order valence-electron chi connectivity index (χ1n) is 7.22. The van der Waals surface area contributed by atoms with E-state index in [2.05, 4.69) is 26.1 Å². The van der Waals surface area contributed by atoms with Crippen molar-refractivity contribution in [2.45, 2.75) is 71.3 Å². The molecular weight excluding hydrogens is 258 g/mol. The first-order chi connectivity index (χ1) is 8.65. The predicted molar refractivity (Wildman–Crippen MR) is 82.6 cm³/mol. The van der Waals surface area contributed by atoms with Crippen LogP contribution in [0.1, 0.15) is 54.4 Å². The number of hydrogen-bond donors (Lipinski definition) is 1. The summed E-state index contributed by atoms with van der Waals surface area (Å²) >= 11 is 1.75. The summed E-state index contributed by atoms with van der Waals surface area (Å²) < 4.78 is 5.36. The fourth-order valence-corrected chi connectivity index (χ4v) is 4.04. The molecule has 0 aromatic carbocycles. The van der Waals surface area contributed by atoms with Crippen LogP contribution >= 0.6 is 11.8 Å². The lowest BCUT2D eigenvalue weighted by Gasteiger charge is -2.31. The number of hydrogen-bond acceptors (Lipinski definition) is 4. The standard InChI is InChI=1S/C15H29NO2S/c1-7-16-13-11(8-9-15(13,5)6)19-10-12(17)18-14(2,3)4/h11,13,16H,7-10H2,1-6H3. The Kier molecular flexibility index (Phi) is 5.75. The Hall–Kier alpha value is -0.220. The molecule has 1 fully saturated rings. The molecular formula is C15H29NO2S. The van der Waals surface area contributed by atoms with Crippen LogP contribution in [0.15, 0.2) is 0 Å². The third-order valence-electron chi connectivity index (χ3n) is 3.55. The number of ether oxygens (including phenoxy) is 1. The molecule has 0 amide bonds. The first kappa shape index (κ1) is 16.8. The molecule has 0 heterocycles. The Balaban J connectivity index is 2.46. The summed E-state index contributed by atoms with van der Waals surface area (Å²) in [5.74, 6) is 0.359. The fraction of sp³-hybridized carbons (Fsp3) is 0.933. The number of nitrogens with one attached hydrogen (secondary N) is 1. The third kappa shape index (κ3) is 5.35. The number of rotatable bonds is 5. The van der Waals surface area contributed by atoms with E-state index in [9.17, 15) is 4.79 Å². The Morgan fingerprint density at radius 3 is 2.58 bits per heavy atom. The van der Waals surface area contributed by atoms with Gasteiger partial charge in [-0.25, -0.2) is 0 Å². The predicted octanol–water partition coefficient (Wildman–Crippen LogP) is 3.23. The molecule has 3 nitrogen and oxygen atoms in total. The summed E-state index contributed by atoms with van der Waals surface area (Å²) in [5, 5.41) is 4.10. The summed E-state index contributed by atoms with van der Waals surface area (Å²) in [6, 6.07) is 0.491. The van der Waals surface area contributed by atoms with Gasteiger partial charge in [-0.3, -0.25) is 4.79 Å². The van der Waals surface area contributed by atoms with Gasteiger partial charge in [0.05, 0.1) is 5.75 Å². The average Bonchev–Trinajstić information content (AvgIpc) is 2.51. The SMILES string of the molecule is CCNC1C(SCC(=O)OC(C)(C)C)CCC1(C)C. The van der Waals surface area contributed by atoms with Crippen molar-refractivity contribution in [2.24, 2.45) is 5.41 Å². The van der Waals surface area contributed by atoms with Gasteiger partial charge < -0.3 is 10.1 Å². The van der Waals surface area contributed by atoms with Crippen LogP contribution in [0.2, 0.25) is 0 Å². The highest BCUT2D eigenvalue weighted by molar-refractivity contribution is 8.00. The van der Waals surface area contributed by atoms with Gasteiger partial charge in [-0.1, -0.05) is 20.8 Å². The zero-order valence-corrected chi connectivity index (χ0v) is 14.0. The van der Waals surface area contributed by atoms with E-state index in [-0.39, 0.29) is 11.6 Å². The summed E-state index contributed by atoms with van der Waals surface area (Å²) in [4.78, 5) is 11.8. The highest BCUT2D eigenvalue weighted by Gasteiger charge is 2.41. The van der Waals surface area contributed by atoms with Crippen molar-refractivity contribution in [3.8, 4) is 0 Å². The van der Waals surface area contributed by atoms with Crippen LogP contribution in [0.4, 0.5) is 0 Å². The van der Waals surface area contributed by atoms with Gasteiger partial charge in [-0.15, -0.1) is 11.8 Å². The van der Waals surface area contributed by atoms with Crippen LogP contribution in [0, 0.1) is 5.41 Å². The topological polar surface area (TPSA) is 38.3 Å². The zero-order valence-electron chi connectivity index (χ0n) is 13.2. The number of thioether (sulfide) groups is 1. The maximum atomic E-state index is 11.8. The molecule has 1 rings (SSSR count). The minimum Gasteiger partial charge on any atom is -0.459 e. The molecule has 1 aliphatic carbocycles. The van der Waals surface area contributed by atoms with Gasteiger partial charge in [-0.2, -0.15) is 0 Å². The van der Waals surface area contributed by atoms with E-state index in [1.54, 1.807) is 11.8 Å². The van der Waals surface area contributed by atoms with Crippen molar-refractivity contribution < 1.29 is 9.53 Å². The van der Waals surface area contributed by atoms with E-state index >= 15 is 0 Å². The smallest absolute Gasteiger partial charge is 0.316 e. The molecule has 2 atom stereocenters. The molecule has 1 saturated carbocycles. The van der Waals surface area contributed by atoms with E-state index in [0.717, 1.165) is 6.54 Å². The molecule has 1 aliphatic rings. The Labute approximate surface area is 122 Å². The van der Waals surface area contributed by atoms with Crippen LogP contribution in [-0.2, 0) is 9.53 Å². The second-order valence-corrected chi connectivity index (χ2v) is 8.23. The molecule has 0 radical (unpaired) electrons. The Morgan fingerprint density at radius 2 is 2.05 bits per heavy atom. The largest absolute Gasteiger partial charge is 0.459 e. The van der Waals surface area contributed by atoms with Gasteiger partial charge in [0.2, 0.25) is 0 Å². The molecule has 19 heavy (non-hydrogen) atoms. The zero-order chi connectivity index (χ0) is 14.7. The molecule has 0 aromatic rings. The van der Waals surface area contributed by atoms with Gasteiger partial charge >= 0.3 is 5.97 Å². The monoisotopic (exact) mass is 287 g/mol. The molecule has 0 aliphatic heterocycles. The van der Waals surface area contributed by atoms with Crippen molar-refractivity contribution in [1.29, 1.82) is 0 Å². The summed E-state index contributed by atoms with van der Waals surface area (Å²) in [6.07, 6.45) is 2.40. The molecule has 4 heteroatoms. The van der Waals surface area contributed by atoms with Gasteiger partial charge in [-0.05, 0) is 45.6 Å². The summed E-state index contributed by atoms with van der Waals surface area (Å²) in [5.41, 5.74) is -0.0602. The molecule has 0 spiro atoms. The van der Waals surface area contributed by atoms with E-state index in [1.807, 2.05) is 20.8 Å². The molecule has 2 unspecified atom stereocenters. The fourth-order valence-electron chi connectivity index (χ4n) is 2.69. The minimum atomic E-state index is -0.381. The van der Waals surface area contributed by atoms with Crippen LogP contribution in [0.25, 0.3) is 0 Å². The quantitative estimate of drug-likeness (QED) is 0.788. The van der Waals surface area contributed by atoms with Crippen LogP contribution in [0.3, 0.4) is 0 Å². The van der Waals surface area contributed by atoms with E-state index in [4.69, 9.17) is 4.74 Å². The van der Waals surface area contributed by atoms with Crippen LogP contribution in [-0.4, -0.2) is 35.2 Å². The number of esters is 1. The van der Waals surface area contributed by atoms with Crippen LogP contribution in [0.5, 0.6) is 0 Å². The minimum absolute atomic E-state index is 0.0996. The first-order valence-corrected chi connectivity index (χ1v) is 8.27. The van der Waals surface area contributed by atoms with Crippen molar-refractivity contribution in [3.05, 3.63) is 0 Å². The summed E-state index contributed by atoms with van der Waals surface area (Å²) in [6.45, 7) is 13.5. The normalized spacial score (nSPS) is 26.4. The Morgan fingerprint density at radius 1 is 1.42 bits per heavy atom. The van der Waals surface area contributed by atoms with Gasteiger partial charge in [0.1, 0.15) is 5.60 Å². The van der Waals surface area contributed by atoms with Crippen molar-refractivity contribution in [1.82, 2.24) is 5.32 Å². The lowest BCUT2D eigenvalue weighted by molar-refractivity contribution is -0.151. The summed E-state index contributed by atoms with van der Waals surface area (Å²) in [7, 11) is 0. The third-order valence-corrected chi connectivity index (χ3v) is 4.88. The van der Waals surface area contributed by atoms with Gasteiger partial charge in [0.15, 0.2) is 0 Å². The second-order valence-electron chi connectivity index (χ2n) is 7.00. The van der Waals surface area contributed by atoms with Gasteiger partial charge in [0.25, 0.3) is 0 Å². The molecule has 1 N–H and O–H groups in total. The highest BCUT2D eigenvalue weighted by atomic mass is 32.2. The average molecular weight is 287 g/mol. The number of carbonyl (C=O) groups is 1. The molecule has 0 aromatic heterocycles. The van der Waals surface area contributed by atoms with Crippen molar-refractivity contribution in [2.75, 3.05) is 12.3 Å². The molecule has 0 bridgehead atoms. The lowest BCUT2D eigenvalue weighted by atomic mass is 9.87. The Bertz CT molecular complexity index is 310. The van der Waals surface area contributed by atoms with Gasteiger partial charge in [0, 0.05) is 11.3 Å². The van der Waals surface area contributed by atoms with E-state index in [1.165, 1.54) is 12.8 Å². The van der Waals surface area contributed by atoms with Crippen molar-refractivity contribution >= 4 is 17.7 Å². The molecule has 0 saturated heterocycles. The maximum Gasteiger partial charge on any atom is 0.316 e. The second kappa shape index (κ2) is 6.49. The molecule has 112 valence electrons. The van der Waals surface area contributed by atoms with E-state index in [0.29, 0.717) is 22.5 Å². The highest BCUT2D eigenvalue weighted by Crippen LogP contribution is 2.42. The van der Waals surface area contributed by atoms with E-state index < -0.39 is 0 Å². The maximum absolute atomic E-state index is 11.8. The van der Waals surface area contributed by atoms with Crippen molar-refractivity contribution in [3.63, 3.8) is 0 Å². The van der Waals surface area contributed by atoms with Crippen LogP contribution < -0.4 is 5.32 Å².